The van der Waals surface area contributed by atoms with Gasteiger partial charge in [0.25, 0.3) is 0 Å². The van der Waals surface area contributed by atoms with Gasteiger partial charge in [-0.05, 0) is 24.6 Å². The maximum atomic E-state index is 12.2. The summed E-state index contributed by atoms with van der Waals surface area (Å²) in [5.74, 6) is -0.0279. The minimum Gasteiger partial charge on any atom is -0.467 e. The Bertz CT molecular complexity index is 926. The molecule has 5 nitrogen and oxygen atoms in total. The Morgan fingerprint density at radius 2 is 1.89 bits per heavy atom. The Hall–Kier alpha value is -3.23. The van der Waals surface area contributed by atoms with Gasteiger partial charge < -0.3 is 5.11 Å². The molecule has 0 aliphatic carbocycles. The normalized spacial score (nSPS) is 22.8. The topological polar surface area (TPSA) is 78.2 Å². The predicted octanol–water partition coefficient (Wildman–Crippen LogP) is 3.36. The fourth-order valence-electron chi connectivity index (χ4n) is 3.73. The highest BCUT2D eigenvalue weighted by Crippen LogP contribution is 2.35. The van der Waals surface area contributed by atoms with Crippen LogP contribution < -0.4 is 0 Å². The molecule has 27 heavy (non-hydrogen) atoms. The van der Waals surface area contributed by atoms with Crippen LogP contribution >= 0.6 is 0 Å². The number of allylic oxidation sites excluding steroid dienone is 1. The van der Waals surface area contributed by atoms with Gasteiger partial charge in [0.05, 0.1) is 18.1 Å². The predicted molar refractivity (Wildman–Crippen MR) is 101 cm³/mol. The van der Waals surface area contributed by atoms with E-state index in [1.807, 2.05) is 25.1 Å². The second-order valence-electron chi connectivity index (χ2n) is 6.97. The summed E-state index contributed by atoms with van der Waals surface area (Å²) in [7, 11) is 0. The number of nitrogens with zero attached hydrogens (tertiary/aromatic N) is 2. The molecule has 2 atom stereocenters. The molecule has 0 amide bonds. The number of aliphatic hydroxyl groups excluding tert-OH is 1. The minimum atomic E-state index is -0.160. The Morgan fingerprint density at radius 3 is 2.41 bits per heavy atom. The first-order valence-corrected chi connectivity index (χ1v) is 8.82. The van der Waals surface area contributed by atoms with Crippen molar-refractivity contribution in [3.05, 3.63) is 77.2 Å². The van der Waals surface area contributed by atoms with Crippen molar-refractivity contribution in [2.75, 3.05) is 6.54 Å². The van der Waals surface area contributed by atoms with Gasteiger partial charge in [-0.3, -0.25) is 9.59 Å². The van der Waals surface area contributed by atoms with Crippen LogP contribution in [-0.4, -0.2) is 34.2 Å². The number of likely N-dealkylation sites (tertiary alicyclic amines) is 1. The van der Waals surface area contributed by atoms with E-state index < -0.39 is 0 Å². The highest BCUT2D eigenvalue weighted by molar-refractivity contribution is 6.07. The third-order valence-corrected chi connectivity index (χ3v) is 5.24. The molecule has 0 unspecified atom stereocenters. The molecule has 1 N–H and O–H groups in total. The first-order chi connectivity index (χ1) is 13.0. The lowest BCUT2D eigenvalue weighted by Gasteiger charge is -2.36. The minimum absolute atomic E-state index is 0.00764. The molecule has 0 aromatic heterocycles. The van der Waals surface area contributed by atoms with E-state index in [9.17, 15) is 14.7 Å². The molecular weight excluding hydrogens is 340 g/mol. The number of hydrogen-bond donors (Lipinski definition) is 1. The summed E-state index contributed by atoms with van der Waals surface area (Å²) in [5, 5.41) is 20.2. The Balaban J connectivity index is 2.10. The summed E-state index contributed by atoms with van der Waals surface area (Å²) in [6.07, 6.45) is 1.00. The summed E-state index contributed by atoms with van der Waals surface area (Å²) in [6.45, 7) is 2.42. The first-order valence-electron chi connectivity index (χ1n) is 8.82. The number of quaternary nitrogens is 1. The van der Waals surface area contributed by atoms with Gasteiger partial charge in [-0.2, -0.15) is 5.26 Å². The van der Waals surface area contributed by atoms with Gasteiger partial charge in [0.2, 0.25) is 0 Å². The van der Waals surface area contributed by atoms with Gasteiger partial charge in [0.1, 0.15) is 24.7 Å². The van der Waals surface area contributed by atoms with Crippen LogP contribution in [0.2, 0.25) is 0 Å². The quantitative estimate of drug-likeness (QED) is 0.383. The number of carbonyl (C=O) groups is 2. The van der Waals surface area contributed by atoms with Crippen molar-refractivity contribution in [3.8, 4) is 6.07 Å². The van der Waals surface area contributed by atoms with E-state index in [0.29, 0.717) is 30.4 Å². The molecule has 0 radical (unpaired) electrons. The number of rotatable bonds is 5. The van der Waals surface area contributed by atoms with Gasteiger partial charge in [0.15, 0.2) is 12.1 Å². The van der Waals surface area contributed by atoms with Crippen LogP contribution in [0.4, 0.5) is 0 Å². The van der Waals surface area contributed by atoms with Crippen LogP contribution in [0.1, 0.15) is 30.0 Å². The fourth-order valence-corrected chi connectivity index (χ4v) is 3.73. The first kappa shape index (κ1) is 18.6. The SMILES string of the molecule is C[C@H]1CC(=O)C[N@@+]1(Cc1ccc(C#N)cc1)/C(O)=C(\C=O)c1ccccc1. The maximum absolute atomic E-state index is 12.2. The van der Waals surface area contributed by atoms with Gasteiger partial charge in [0, 0.05) is 5.56 Å². The Kier molecular flexibility index (Phi) is 5.20. The number of aldehydes is 1. The molecule has 5 heteroatoms. The molecule has 3 rings (SSSR count). The van der Waals surface area contributed by atoms with E-state index in [4.69, 9.17) is 5.26 Å². The van der Waals surface area contributed by atoms with Crippen molar-refractivity contribution in [2.24, 2.45) is 0 Å². The summed E-state index contributed by atoms with van der Waals surface area (Å²) in [4.78, 5) is 24.1. The highest BCUT2D eigenvalue weighted by atomic mass is 16.3. The van der Waals surface area contributed by atoms with Crippen molar-refractivity contribution in [2.45, 2.75) is 25.9 Å². The highest BCUT2D eigenvalue weighted by Gasteiger charge is 2.49. The maximum Gasteiger partial charge on any atom is 0.301 e. The van der Waals surface area contributed by atoms with E-state index in [1.54, 1.807) is 36.4 Å². The van der Waals surface area contributed by atoms with Gasteiger partial charge >= 0.3 is 5.88 Å². The molecule has 1 aliphatic heterocycles. The number of benzene rings is 2. The van der Waals surface area contributed by atoms with Crippen LogP contribution in [0, 0.1) is 11.3 Å². The standard InChI is InChI=1S/C22H20N2O3/c1-16-11-20(26)14-24(16,13-18-9-7-17(12-23)8-10-18)22(27)21(15-25)19-5-3-2-4-6-19/h2-10,15-16H,11,13-14H2,1H3/p+1/t16-,24+/m0/s1. The zero-order valence-corrected chi connectivity index (χ0v) is 15.1. The third kappa shape index (κ3) is 3.53. The number of nitriles is 1. The van der Waals surface area contributed by atoms with E-state index in [2.05, 4.69) is 6.07 Å². The molecule has 1 saturated heterocycles. The molecule has 0 saturated carbocycles. The van der Waals surface area contributed by atoms with Gasteiger partial charge in [-0.15, -0.1) is 0 Å². The number of carbonyl (C=O) groups excluding carboxylic acids is 2. The molecule has 2 aromatic carbocycles. The lowest BCUT2D eigenvalue weighted by atomic mass is 10.0. The summed E-state index contributed by atoms with van der Waals surface area (Å²) in [6, 6.07) is 18.0. The van der Waals surface area contributed by atoms with Gasteiger partial charge in [-0.1, -0.05) is 42.5 Å². The summed E-state index contributed by atoms with van der Waals surface area (Å²) in [5.41, 5.74) is 2.26. The molecule has 0 spiro atoms. The van der Waals surface area contributed by atoms with Gasteiger partial charge in [-0.25, -0.2) is 4.48 Å². The smallest absolute Gasteiger partial charge is 0.301 e. The van der Waals surface area contributed by atoms with Crippen molar-refractivity contribution >= 4 is 17.6 Å². The number of ketones is 1. The second kappa shape index (κ2) is 7.56. The molecule has 1 fully saturated rings. The fraction of sp³-hybridized carbons (Fsp3) is 0.227. The van der Waals surface area contributed by atoms with Crippen molar-refractivity contribution in [3.63, 3.8) is 0 Å². The second-order valence-corrected chi connectivity index (χ2v) is 6.97. The van der Waals surface area contributed by atoms with Crippen LogP contribution in [0.25, 0.3) is 5.57 Å². The van der Waals surface area contributed by atoms with E-state index >= 15 is 0 Å². The zero-order chi connectivity index (χ0) is 19.4. The van der Waals surface area contributed by atoms with Crippen LogP contribution in [0.3, 0.4) is 0 Å². The largest absolute Gasteiger partial charge is 0.467 e. The third-order valence-electron chi connectivity index (χ3n) is 5.24. The van der Waals surface area contributed by atoms with Crippen molar-refractivity contribution < 1.29 is 19.2 Å². The van der Waals surface area contributed by atoms with E-state index in [1.165, 1.54) is 0 Å². The Morgan fingerprint density at radius 1 is 1.22 bits per heavy atom. The molecular formula is C22H21N2O3+. The van der Waals surface area contributed by atoms with Crippen LogP contribution in [0.15, 0.2) is 60.5 Å². The number of hydrogen-bond acceptors (Lipinski definition) is 4. The summed E-state index contributed by atoms with van der Waals surface area (Å²) < 4.78 is 0.00764. The summed E-state index contributed by atoms with van der Waals surface area (Å²) >= 11 is 0. The van der Waals surface area contributed by atoms with E-state index in [-0.39, 0.29) is 34.3 Å². The average molecular weight is 361 g/mol. The van der Waals surface area contributed by atoms with E-state index in [0.717, 1.165) is 5.56 Å². The number of aliphatic hydroxyl groups is 1. The molecule has 0 bridgehead atoms. The molecule has 1 heterocycles. The molecule has 1 aliphatic rings. The van der Waals surface area contributed by atoms with Crippen molar-refractivity contribution in [1.29, 1.82) is 5.26 Å². The lowest BCUT2D eigenvalue weighted by molar-refractivity contribution is -0.924. The Labute approximate surface area is 158 Å². The lowest BCUT2D eigenvalue weighted by Crippen LogP contribution is -2.49. The number of Topliss-reactive ketones (excluding diaryl/α,β-unsaturated/α-hetero) is 1. The average Bonchev–Trinajstić information content (AvgIpc) is 2.97. The van der Waals surface area contributed by atoms with Crippen LogP contribution in [-0.2, 0) is 16.1 Å². The zero-order valence-electron chi connectivity index (χ0n) is 15.1. The molecule has 136 valence electrons. The van der Waals surface area contributed by atoms with Crippen LogP contribution in [0.5, 0.6) is 0 Å². The molecule has 2 aromatic rings. The monoisotopic (exact) mass is 361 g/mol. The van der Waals surface area contributed by atoms with Crippen molar-refractivity contribution in [1.82, 2.24) is 0 Å².